The Bertz CT molecular complexity index is 400. The van der Waals surface area contributed by atoms with Crippen LogP contribution in [-0.2, 0) is 4.79 Å². The highest BCUT2D eigenvalue weighted by Crippen LogP contribution is 2.18. The van der Waals surface area contributed by atoms with Crippen LogP contribution in [0.15, 0.2) is 24.3 Å². The summed E-state index contributed by atoms with van der Waals surface area (Å²) >= 11 is 0. The van der Waals surface area contributed by atoms with Gasteiger partial charge in [0.2, 0.25) is 0 Å². The van der Waals surface area contributed by atoms with E-state index >= 15 is 0 Å². The molecule has 1 atom stereocenters. The molecule has 0 saturated heterocycles. The highest BCUT2D eigenvalue weighted by molar-refractivity contribution is 5.77. The molecule has 0 saturated carbocycles. The lowest BCUT2D eigenvalue weighted by atomic mass is 10.1. The van der Waals surface area contributed by atoms with Crippen LogP contribution in [0.1, 0.15) is 45.3 Å². The van der Waals surface area contributed by atoms with Gasteiger partial charge in [-0.1, -0.05) is 26.0 Å². The van der Waals surface area contributed by atoms with Gasteiger partial charge in [-0.3, -0.25) is 4.79 Å². The summed E-state index contributed by atoms with van der Waals surface area (Å²) in [5.74, 6) is 0.481. The zero-order valence-electron chi connectivity index (χ0n) is 11.8. The van der Waals surface area contributed by atoms with E-state index in [1.54, 1.807) is 25.1 Å². The van der Waals surface area contributed by atoms with Crippen molar-refractivity contribution in [2.24, 2.45) is 0 Å². The quantitative estimate of drug-likeness (QED) is 0.796. The number of carbonyl (C=O) groups is 1. The van der Waals surface area contributed by atoms with Crippen LogP contribution in [-0.4, -0.2) is 23.7 Å². The Morgan fingerprint density at radius 2 is 2.05 bits per heavy atom. The lowest BCUT2D eigenvalue weighted by molar-refractivity contribution is -0.123. The van der Waals surface area contributed by atoms with Crippen LogP contribution < -0.4 is 10.1 Å². The molecule has 4 nitrogen and oxygen atoms in total. The van der Waals surface area contributed by atoms with Crippen molar-refractivity contribution >= 4 is 5.91 Å². The maximum atomic E-state index is 11.7. The van der Waals surface area contributed by atoms with Crippen LogP contribution in [0.2, 0.25) is 0 Å². The maximum absolute atomic E-state index is 11.7. The third kappa shape index (κ3) is 5.30. The van der Waals surface area contributed by atoms with E-state index in [-0.39, 0.29) is 18.6 Å². The number of hydrogen-bond donors (Lipinski definition) is 2. The molecule has 1 aromatic carbocycles. The average Bonchev–Trinajstić information content (AvgIpc) is 2.42. The van der Waals surface area contributed by atoms with Crippen molar-refractivity contribution in [3.63, 3.8) is 0 Å². The predicted octanol–water partition coefficient (Wildman–Crippen LogP) is 2.42. The Hall–Kier alpha value is -1.55. The largest absolute Gasteiger partial charge is 0.484 e. The van der Waals surface area contributed by atoms with Crippen molar-refractivity contribution in [1.82, 2.24) is 5.32 Å². The van der Waals surface area contributed by atoms with E-state index in [4.69, 9.17) is 4.74 Å². The molecule has 1 rings (SSSR count). The van der Waals surface area contributed by atoms with Crippen molar-refractivity contribution in [3.05, 3.63) is 29.8 Å². The molecule has 1 amide bonds. The van der Waals surface area contributed by atoms with Gasteiger partial charge < -0.3 is 15.2 Å². The number of ether oxygens (including phenoxy) is 1. The van der Waals surface area contributed by atoms with Gasteiger partial charge in [-0.2, -0.15) is 0 Å². The molecule has 0 fully saturated rings. The van der Waals surface area contributed by atoms with Gasteiger partial charge in [-0.05, 0) is 37.5 Å². The van der Waals surface area contributed by atoms with Gasteiger partial charge in [-0.25, -0.2) is 0 Å². The minimum atomic E-state index is -0.540. The molecule has 0 aliphatic carbocycles. The molecule has 1 aromatic rings. The maximum Gasteiger partial charge on any atom is 0.258 e. The third-order valence-corrected chi connectivity index (χ3v) is 3.06. The summed E-state index contributed by atoms with van der Waals surface area (Å²) in [5, 5.41) is 12.4. The Balaban J connectivity index is 2.48. The standard InChI is InChI=1S/C15H23NO3/c1-4-13(5-2)16-15(18)10-19-14-8-6-7-12(9-14)11(3)17/h6-9,11,13,17H,4-5,10H2,1-3H3,(H,16,18)/t11-/m0/s1. The molecule has 2 N–H and O–H groups in total. The van der Waals surface area contributed by atoms with Crippen molar-refractivity contribution in [3.8, 4) is 5.75 Å². The molecule has 4 heteroatoms. The van der Waals surface area contributed by atoms with Crippen LogP contribution >= 0.6 is 0 Å². The minimum Gasteiger partial charge on any atom is -0.484 e. The van der Waals surface area contributed by atoms with Crippen LogP contribution in [0.3, 0.4) is 0 Å². The van der Waals surface area contributed by atoms with Crippen molar-refractivity contribution in [2.45, 2.75) is 45.8 Å². The first kappa shape index (κ1) is 15.5. The lowest BCUT2D eigenvalue weighted by Crippen LogP contribution is -2.37. The second kappa shape index (κ2) is 7.79. The summed E-state index contributed by atoms with van der Waals surface area (Å²) in [5.41, 5.74) is 0.776. The first-order valence-electron chi connectivity index (χ1n) is 6.77. The van der Waals surface area contributed by atoms with Gasteiger partial charge in [0.05, 0.1) is 6.10 Å². The zero-order chi connectivity index (χ0) is 14.3. The number of rotatable bonds is 7. The van der Waals surface area contributed by atoms with E-state index < -0.39 is 6.10 Å². The van der Waals surface area contributed by atoms with Gasteiger partial charge in [0.1, 0.15) is 5.75 Å². The number of nitrogens with one attached hydrogen (secondary N) is 1. The van der Waals surface area contributed by atoms with Crippen LogP contribution in [0.25, 0.3) is 0 Å². The van der Waals surface area contributed by atoms with Gasteiger partial charge in [-0.15, -0.1) is 0 Å². The summed E-state index contributed by atoms with van der Waals surface area (Å²) in [7, 11) is 0. The molecule has 0 aromatic heterocycles. The fraction of sp³-hybridized carbons (Fsp3) is 0.533. The molecule has 0 unspecified atom stereocenters. The molecule has 0 bridgehead atoms. The Kier molecular flexibility index (Phi) is 6.36. The third-order valence-electron chi connectivity index (χ3n) is 3.06. The smallest absolute Gasteiger partial charge is 0.258 e. The van der Waals surface area contributed by atoms with Gasteiger partial charge in [0, 0.05) is 6.04 Å². The topological polar surface area (TPSA) is 58.6 Å². The van der Waals surface area contributed by atoms with Gasteiger partial charge in [0.15, 0.2) is 6.61 Å². The fourth-order valence-corrected chi connectivity index (χ4v) is 1.78. The number of amides is 1. The number of benzene rings is 1. The van der Waals surface area contributed by atoms with E-state index in [9.17, 15) is 9.90 Å². The normalized spacial score (nSPS) is 12.3. The molecule has 0 spiro atoms. The molecular formula is C15H23NO3. The molecule has 19 heavy (non-hydrogen) atoms. The van der Waals surface area contributed by atoms with Gasteiger partial charge in [0.25, 0.3) is 5.91 Å². The summed E-state index contributed by atoms with van der Waals surface area (Å²) in [6.07, 6.45) is 1.29. The van der Waals surface area contributed by atoms with Crippen LogP contribution in [0, 0.1) is 0 Å². The first-order valence-corrected chi connectivity index (χ1v) is 6.77. The second-order valence-electron chi connectivity index (χ2n) is 4.62. The molecule has 0 radical (unpaired) electrons. The van der Waals surface area contributed by atoms with Crippen molar-refractivity contribution < 1.29 is 14.6 Å². The predicted molar refractivity (Wildman–Crippen MR) is 75.1 cm³/mol. The lowest BCUT2D eigenvalue weighted by Gasteiger charge is -2.15. The van der Waals surface area contributed by atoms with Crippen molar-refractivity contribution in [1.29, 1.82) is 0 Å². The Morgan fingerprint density at radius 1 is 1.37 bits per heavy atom. The van der Waals surface area contributed by atoms with Crippen molar-refractivity contribution in [2.75, 3.05) is 6.61 Å². The first-order chi connectivity index (χ1) is 9.06. The van der Waals surface area contributed by atoms with E-state index in [0.717, 1.165) is 18.4 Å². The molecule has 0 aliphatic rings. The van der Waals surface area contributed by atoms with E-state index in [2.05, 4.69) is 5.32 Å². The van der Waals surface area contributed by atoms with Crippen LogP contribution in [0.4, 0.5) is 0 Å². The monoisotopic (exact) mass is 265 g/mol. The van der Waals surface area contributed by atoms with E-state index in [1.165, 1.54) is 0 Å². The average molecular weight is 265 g/mol. The Morgan fingerprint density at radius 3 is 2.63 bits per heavy atom. The number of aliphatic hydroxyl groups is 1. The summed E-state index contributed by atoms with van der Waals surface area (Å²) in [4.78, 5) is 11.7. The molecule has 0 heterocycles. The molecule has 106 valence electrons. The van der Waals surface area contributed by atoms with Gasteiger partial charge >= 0.3 is 0 Å². The zero-order valence-corrected chi connectivity index (χ0v) is 11.8. The number of hydrogen-bond acceptors (Lipinski definition) is 3. The highest BCUT2D eigenvalue weighted by atomic mass is 16.5. The Labute approximate surface area is 114 Å². The summed E-state index contributed by atoms with van der Waals surface area (Å²) < 4.78 is 5.43. The highest BCUT2D eigenvalue weighted by Gasteiger charge is 2.09. The number of aliphatic hydroxyl groups excluding tert-OH is 1. The SMILES string of the molecule is CCC(CC)NC(=O)COc1cccc([C@H](C)O)c1. The summed E-state index contributed by atoms with van der Waals surface area (Å²) in [6.45, 7) is 5.78. The molecule has 0 aliphatic heterocycles. The minimum absolute atomic E-state index is 0.000235. The molecular weight excluding hydrogens is 242 g/mol. The number of carbonyl (C=O) groups excluding carboxylic acids is 1. The summed E-state index contributed by atoms with van der Waals surface area (Å²) in [6, 6.07) is 7.35. The van der Waals surface area contributed by atoms with E-state index in [1.807, 2.05) is 19.9 Å². The fourth-order valence-electron chi connectivity index (χ4n) is 1.78. The van der Waals surface area contributed by atoms with E-state index in [0.29, 0.717) is 5.75 Å². The second-order valence-corrected chi connectivity index (χ2v) is 4.62. The van der Waals surface area contributed by atoms with Crippen LogP contribution in [0.5, 0.6) is 5.75 Å².